The quantitative estimate of drug-likeness (QED) is 0.557. The van der Waals surface area contributed by atoms with Gasteiger partial charge in [0.25, 0.3) is 5.91 Å². The molecule has 0 spiro atoms. The molecule has 1 N–H and O–H groups in total. The molecule has 1 aliphatic rings. The first-order valence-electron chi connectivity index (χ1n) is 9.21. The lowest BCUT2D eigenvalue weighted by molar-refractivity contribution is 0.0599. The molecule has 3 rings (SSSR count). The number of amides is 1. The fourth-order valence-corrected chi connectivity index (χ4v) is 4.99. The molecule has 0 bridgehead atoms. The Morgan fingerprint density at radius 2 is 1.65 bits per heavy atom. The maximum Gasteiger partial charge on any atom is 0.339 e. The summed E-state index contributed by atoms with van der Waals surface area (Å²) in [6, 6.07) is 1.21. The number of hydrogen-bond donors (Lipinski definition) is 1. The van der Waals surface area contributed by atoms with Gasteiger partial charge in [-0.25, -0.2) is 26.4 Å². The van der Waals surface area contributed by atoms with Crippen molar-refractivity contribution in [1.29, 1.82) is 0 Å². The molecule has 1 fully saturated rings. The Kier molecular flexibility index (Phi) is 6.14. The van der Waals surface area contributed by atoms with Crippen LogP contribution in [0, 0.1) is 31.3 Å². The van der Waals surface area contributed by atoms with Gasteiger partial charge in [0, 0.05) is 31.9 Å². The molecule has 0 atom stereocenters. The molecule has 2 heterocycles. The number of nitrogens with one attached hydrogen (secondary N) is 1. The number of esters is 1. The van der Waals surface area contributed by atoms with Gasteiger partial charge in [-0.3, -0.25) is 4.79 Å². The van der Waals surface area contributed by atoms with Crippen LogP contribution in [0.1, 0.15) is 32.1 Å². The van der Waals surface area contributed by atoms with Gasteiger partial charge in [-0.05, 0) is 31.5 Å². The molecule has 1 amide bonds. The summed E-state index contributed by atoms with van der Waals surface area (Å²) in [7, 11) is -3.20. The smallest absolute Gasteiger partial charge is 0.339 e. The number of aryl methyl sites for hydroxylation is 1. The first-order valence-corrected chi connectivity index (χ1v) is 10.6. The average Bonchev–Trinajstić information content (AvgIpc) is 3.04. The van der Waals surface area contributed by atoms with Crippen molar-refractivity contribution in [3.05, 3.63) is 52.1 Å². The molecule has 12 heteroatoms. The van der Waals surface area contributed by atoms with Crippen molar-refractivity contribution in [3.8, 4) is 0 Å². The second kappa shape index (κ2) is 8.35. The number of methoxy groups -OCH3 is 1. The van der Waals surface area contributed by atoms with Gasteiger partial charge in [0.05, 0.1) is 12.7 Å². The van der Waals surface area contributed by atoms with E-state index in [1.54, 1.807) is 13.8 Å². The molecule has 0 unspecified atom stereocenters. The van der Waals surface area contributed by atoms with Crippen molar-refractivity contribution in [2.75, 3.05) is 33.3 Å². The van der Waals surface area contributed by atoms with E-state index in [2.05, 4.69) is 4.98 Å². The van der Waals surface area contributed by atoms with E-state index in [0.717, 1.165) is 4.31 Å². The summed E-state index contributed by atoms with van der Waals surface area (Å²) in [5.41, 5.74) is 1.30. The number of ether oxygens (including phenoxy) is 1. The summed E-state index contributed by atoms with van der Waals surface area (Å²) >= 11 is 0. The minimum absolute atomic E-state index is 0.0194. The fraction of sp³-hybridized carbons (Fsp3) is 0.368. The van der Waals surface area contributed by atoms with Gasteiger partial charge in [-0.15, -0.1) is 0 Å². The van der Waals surface area contributed by atoms with Crippen molar-refractivity contribution in [2.45, 2.75) is 18.7 Å². The molecule has 1 aliphatic heterocycles. The zero-order valence-corrected chi connectivity index (χ0v) is 17.8. The number of halogens is 3. The summed E-state index contributed by atoms with van der Waals surface area (Å²) in [4.78, 5) is 28.1. The normalized spacial score (nSPS) is 15.2. The Hall–Kier alpha value is -2.86. The number of piperazine rings is 1. The van der Waals surface area contributed by atoms with Crippen LogP contribution in [0.2, 0.25) is 0 Å². The van der Waals surface area contributed by atoms with E-state index in [4.69, 9.17) is 4.74 Å². The minimum Gasteiger partial charge on any atom is -0.465 e. The highest BCUT2D eigenvalue weighted by Crippen LogP contribution is 2.25. The van der Waals surface area contributed by atoms with Crippen LogP contribution in [0.4, 0.5) is 13.2 Å². The lowest BCUT2D eigenvalue weighted by Crippen LogP contribution is -2.50. The number of carbonyl (C=O) groups excluding carboxylic acids is 2. The molecule has 0 radical (unpaired) electrons. The molecule has 1 aromatic heterocycles. The summed E-state index contributed by atoms with van der Waals surface area (Å²) in [5.74, 6) is -6.17. The highest BCUT2D eigenvalue weighted by Gasteiger charge is 2.34. The van der Waals surface area contributed by atoms with E-state index in [9.17, 15) is 31.2 Å². The number of benzene rings is 1. The molecular formula is C19H20F3N3O5S. The highest BCUT2D eigenvalue weighted by molar-refractivity contribution is 7.89. The summed E-state index contributed by atoms with van der Waals surface area (Å²) in [5, 5.41) is 0. The molecule has 1 aromatic carbocycles. The van der Waals surface area contributed by atoms with Gasteiger partial charge in [0.1, 0.15) is 10.6 Å². The van der Waals surface area contributed by atoms with Gasteiger partial charge in [-0.2, -0.15) is 4.31 Å². The van der Waals surface area contributed by atoms with Gasteiger partial charge < -0.3 is 14.6 Å². The molecule has 2 aromatic rings. The Morgan fingerprint density at radius 3 is 2.23 bits per heavy atom. The number of hydrogen-bond acceptors (Lipinski definition) is 5. The SMILES string of the molecule is COC(=O)c1c(C)[nH]c(C(=O)N2CCN(S(=O)(=O)c3ccc(F)c(F)c3F)CC2)c1C. The number of aromatic nitrogens is 1. The van der Waals surface area contributed by atoms with Gasteiger partial charge in [0.2, 0.25) is 10.0 Å². The Bertz CT molecular complexity index is 1160. The summed E-state index contributed by atoms with van der Waals surface area (Å²) in [6.45, 7) is 2.83. The number of rotatable bonds is 4. The third kappa shape index (κ3) is 3.92. The molecule has 168 valence electrons. The van der Waals surface area contributed by atoms with E-state index in [1.165, 1.54) is 12.0 Å². The zero-order valence-electron chi connectivity index (χ0n) is 17.0. The third-order valence-corrected chi connectivity index (χ3v) is 7.10. The fourth-order valence-electron chi connectivity index (χ4n) is 3.51. The van der Waals surface area contributed by atoms with E-state index in [0.29, 0.717) is 23.4 Å². The predicted octanol–water partition coefficient (Wildman–Crippen LogP) is 1.98. The number of aromatic amines is 1. The second-order valence-corrected chi connectivity index (χ2v) is 8.89. The Morgan fingerprint density at radius 1 is 1.03 bits per heavy atom. The molecular weight excluding hydrogens is 439 g/mol. The van der Waals surface area contributed by atoms with Crippen molar-refractivity contribution < 1.29 is 35.9 Å². The van der Waals surface area contributed by atoms with Crippen LogP contribution in [0.15, 0.2) is 17.0 Å². The number of nitrogens with zero attached hydrogens (tertiary/aromatic N) is 2. The monoisotopic (exact) mass is 459 g/mol. The zero-order chi connectivity index (χ0) is 23.1. The molecule has 8 nitrogen and oxygen atoms in total. The van der Waals surface area contributed by atoms with Gasteiger partial charge >= 0.3 is 5.97 Å². The van der Waals surface area contributed by atoms with E-state index >= 15 is 0 Å². The van der Waals surface area contributed by atoms with Crippen molar-refractivity contribution in [1.82, 2.24) is 14.2 Å². The van der Waals surface area contributed by atoms with E-state index in [1.807, 2.05) is 0 Å². The van der Waals surface area contributed by atoms with Crippen molar-refractivity contribution >= 4 is 21.9 Å². The Balaban J connectivity index is 1.78. The largest absolute Gasteiger partial charge is 0.465 e. The molecule has 0 saturated carbocycles. The maximum absolute atomic E-state index is 14.0. The lowest BCUT2D eigenvalue weighted by Gasteiger charge is -2.34. The minimum atomic E-state index is -4.43. The first-order chi connectivity index (χ1) is 14.5. The summed E-state index contributed by atoms with van der Waals surface area (Å²) < 4.78 is 71.5. The van der Waals surface area contributed by atoms with Crippen LogP contribution in [0.25, 0.3) is 0 Å². The Labute approximate surface area is 176 Å². The maximum atomic E-state index is 14.0. The van der Waals surface area contributed by atoms with Crippen molar-refractivity contribution in [3.63, 3.8) is 0 Å². The van der Waals surface area contributed by atoms with Gasteiger partial charge in [-0.1, -0.05) is 0 Å². The first kappa shape index (κ1) is 22.8. The molecule has 31 heavy (non-hydrogen) atoms. The van der Waals surface area contributed by atoms with Crippen molar-refractivity contribution in [2.24, 2.45) is 0 Å². The third-order valence-electron chi connectivity index (χ3n) is 5.18. The van der Waals surface area contributed by atoms with Crippen LogP contribution in [-0.4, -0.2) is 67.8 Å². The highest BCUT2D eigenvalue weighted by atomic mass is 32.2. The van der Waals surface area contributed by atoms with Crippen LogP contribution >= 0.6 is 0 Å². The number of carbonyl (C=O) groups is 2. The molecule has 0 aliphatic carbocycles. The molecule has 1 saturated heterocycles. The second-order valence-electron chi connectivity index (χ2n) is 6.99. The summed E-state index contributed by atoms with van der Waals surface area (Å²) in [6.07, 6.45) is 0. The van der Waals surface area contributed by atoms with Crippen LogP contribution < -0.4 is 0 Å². The van der Waals surface area contributed by atoms with Crippen LogP contribution in [-0.2, 0) is 14.8 Å². The lowest BCUT2D eigenvalue weighted by atomic mass is 10.1. The number of H-pyrrole nitrogens is 1. The average molecular weight is 459 g/mol. The standard InChI is InChI=1S/C19H20F3N3O5S/c1-10-14(19(27)30-3)11(2)23-17(10)18(26)24-6-8-25(9-7-24)31(28,29)13-5-4-12(20)15(21)16(13)22/h4-5,23H,6-9H2,1-3H3. The van der Waals surface area contributed by atoms with E-state index in [-0.39, 0.29) is 37.4 Å². The van der Waals surface area contributed by atoms with Crippen LogP contribution in [0.3, 0.4) is 0 Å². The predicted molar refractivity (Wildman–Crippen MR) is 103 cm³/mol. The van der Waals surface area contributed by atoms with Gasteiger partial charge in [0.15, 0.2) is 17.5 Å². The van der Waals surface area contributed by atoms with Crippen LogP contribution in [0.5, 0.6) is 0 Å². The van der Waals surface area contributed by atoms with E-state index < -0.39 is 44.2 Å². The number of sulfonamides is 1. The topological polar surface area (TPSA) is 99.8 Å².